The highest BCUT2D eigenvalue weighted by molar-refractivity contribution is 5.37. The number of imidazole rings is 1. The quantitative estimate of drug-likeness (QED) is 0.815. The molecule has 7 heteroatoms. The van der Waals surface area contributed by atoms with Crippen LogP contribution in [0.2, 0.25) is 0 Å². The monoisotopic (exact) mass is 245 g/mol. The molecule has 0 atom stereocenters. The van der Waals surface area contributed by atoms with Gasteiger partial charge in [0.1, 0.15) is 6.33 Å². The van der Waals surface area contributed by atoms with Gasteiger partial charge in [-0.1, -0.05) is 0 Å². The number of nitrogens with one attached hydrogen (secondary N) is 2. The fourth-order valence-electron chi connectivity index (χ4n) is 1.61. The first-order chi connectivity index (χ1) is 8.85. The molecule has 1 aliphatic rings. The van der Waals surface area contributed by atoms with Crippen LogP contribution in [0.3, 0.4) is 0 Å². The molecule has 0 amide bonds. The summed E-state index contributed by atoms with van der Waals surface area (Å²) in [6.07, 6.45) is 7.76. The molecule has 2 N–H and O–H groups in total. The summed E-state index contributed by atoms with van der Waals surface area (Å²) in [5.41, 5.74) is 0. The molecule has 1 saturated carbocycles. The molecule has 94 valence electrons. The van der Waals surface area contributed by atoms with E-state index in [9.17, 15) is 0 Å². The molecule has 18 heavy (non-hydrogen) atoms. The maximum atomic E-state index is 4.37. The van der Waals surface area contributed by atoms with Crippen molar-refractivity contribution in [3.8, 4) is 5.95 Å². The summed E-state index contributed by atoms with van der Waals surface area (Å²) in [4.78, 5) is 16.9. The van der Waals surface area contributed by atoms with Gasteiger partial charge in [-0.25, -0.2) is 4.98 Å². The standard InChI is InChI=1S/C11H15N7/c1-12-9-15-10(14-6-8-2-3-8)17-11(16-9)18-5-4-13-7-18/h4-5,7-8H,2-3,6H2,1H3,(H2,12,14,15,16,17). The van der Waals surface area contributed by atoms with E-state index >= 15 is 0 Å². The lowest BCUT2D eigenvalue weighted by Crippen LogP contribution is -2.12. The zero-order chi connectivity index (χ0) is 12.4. The van der Waals surface area contributed by atoms with Crippen molar-refractivity contribution in [2.75, 3.05) is 24.2 Å². The lowest BCUT2D eigenvalue weighted by atomic mass is 10.4. The summed E-state index contributed by atoms with van der Waals surface area (Å²) in [7, 11) is 1.79. The third kappa shape index (κ3) is 2.39. The van der Waals surface area contributed by atoms with E-state index in [0.29, 0.717) is 17.8 Å². The molecule has 1 fully saturated rings. The Hall–Kier alpha value is -2.18. The summed E-state index contributed by atoms with van der Waals surface area (Å²) in [5, 5.41) is 6.18. The van der Waals surface area contributed by atoms with Crippen LogP contribution in [0.15, 0.2) is 18.7 Å². The number of hydrogen-bond acceptors (Lipinski definition) is 6. The molecule has 0 unspecified atom stereocenters. The van der Waals surface area contributed by atoms with E-state index in [1.54, 1.807) is 30.3 Å². The molecule has 0 spiro atoms. The van der Waals surface area contributed by atoms with Gasteiger partial charge in [-0.05, 0) is 18.8 Å². The van der Waals surface area contributed by atoms with Gasteiger partial charge in [0.15, 0.2) is 0 Å². The van der Waals surface area contributed by atoms with E-state index in [0.717, 1.165) is 12.5 Å². The summed E-state index contributed by atoms with van der Waals surface area (Å²) >= 11 is 0. The van der Waals surface area contributed by atoms with Crippen LogP contribution >= 0.6 is 0 Å². The highest BCUT2D eigenvalue weighted by atomic mass is 15.3. The van der Waals surface area contributed by atoms with Crippen molar-refractivity contribution in [1.29, 1.82) is 0 Å². The van der Waals surface area contributed by atoms with Crippen molar-refractivity contribution >= 4 is 11.9 Å². The fourth-order valence-corrected chi connectivity index (χ4v) is 1.61. The number of aromatic nitrogens is 5. The Kier molecular flexibility index (Phi) is 2.79. The number of rotatable bonds is 5. The van der Waals surface area contributed by atoms with Crippen LogP contribution in [0.5, 0.6) is 0 Å². The average molecular weight is 245 g/mol. The molecular weight excluding hydrogens is 230 g/mol. The third-order valence-corrected chi connectivity index (χ3v) is 2.83. The lowest BCUT2D eigenvalue weighted by Gasteiger charge is -2.08. The molecule has 7 nitrogen and oxygen atoms in total. The summed E-state index contributed by atoms with van der Waals surface area (Å²) in [6.45, 7) is 0.927. The van der Waals surface area contributed by atoms with E-state index in [-0.39, 0.29) is 0 Å². The van der Waals surface area contributed by atoms with Crippen molar-refractivity contribution in [3.05, 3.63) is 18.7 Å². The van der Waals surface area contributed by atoms with E-state index in [2.05, 4.69) is 30.6 Å². The highest BCUT2D eigenvalue weighted by Gasteiger charge is 2.21. The average Bonchev–Trinajstić information content (AvgIpc) is 3.07. The largest absolute Gasteiger partial charge is 0.357 e. The van der Waals surface area contributed by atoms with Crippen molar-refractivity contribution in [2.45, 2.75) is 12.8 Å². The van der Waals surface area contributed by atoms with Crippen LogP contribution in [-0.4, -0.2) is 38.1 Å². The molecule has 3 rings (SSSR count). The Bertz CT molecular complexity index is 518. The van der Waals surface area contributed by atoms with Crippen molar-refractivity contribution in [3.63, 3.8) is 0 Å². The minimum absolute atomic E-state index is 0.548. The van der Waals surface area contributed by atoms with Crippen LogP contribution in [0, 0.1) is 5.92 Å². The fraction of sp³-hybridized carbons (Fsp3) is 0.455. The molecule has 0 bridgehead atoms. The number of nitrogens with zero attached hydrogens (tertiary/aromatic N) is 5. The molecule has 1 aliphatic carbocycles. The van der Waals surface area contributed by atoms with E-state index < -0.39 is 0 Å². The van der Waals surface area contributed by atoms with Gasteiger partial charge in [0.25, 0.3) is 0 Å². The van der Waals surface area contributed by atoms with Crippen molar-refractivity contribution < 1.29 is 0 Å². The first kappa shape index (κ1) is 10.9. The van der Waals surface area contributed by atoms with Crippen molar-refractivity contribution in [1.82, 2.24) is 24.5 Å². The first-order valence-corrected chi connectivity index (χ1v) is 6.01. The van der Waals surface area contributed by atoms with Crippen LogP contribution in [-0.2, 0) is 0 Å². The zero-order valence-electron chi connectivity index (χ0n) is 10.2. The highest BCUT2D eigenvalue weighted by Crippen LogP contribution is 2.28. The van der Waals surface area contributed by atoms with Crippen LogP contribution < -0.4 is 10.6 Å². The normalized spacial score (nSPS) is 14.5. The summed E-state index contributed by atoms with van der Waals surface area (Å²) < 4.78 is 1.75. The Balaban J connectivity index is 1.85. The van der Waals surface area contributed by atoms with Crippen molar-refractivity contribution in [2.24, 2.45) is 5.92 Å². The number of hydrogen-bond donors (Lipinski definition) is 2. The first-order valence-electron chi connectivity index (χ1n) is 6.01. The van der Waals surface area contributed by atoms with Gasteiger partial charge in [-0.15, -0.1) is 0 Å². The molecule has 2 aromatic heterocycles. The van der Waals surface area contributed by atoms with Gasteiger partial charge in [-0.2, -0.15) is 15.0 Å². The Morgan fingerprint density at radius 3 is 2.78 bits per heavy atom. The SMILES string of the molecule is CNc1nc(NCC2CC2)nc(-n2ccnc2)n1. The second-order valence-electron chi connectivity index (χ2n) is 4.33. The van der Waals surface area contributed by atoms with Gasteiger partial charge in [-0.3, -0.25) is 4.57 Å². The minimum Gasteiger partial charge on any atom is -0.357 e. The maximum absolute atomic E-state index is 4.37. The predicted molar refractivity (Wildman–Crippen MR) is 67.7 cm³/mol. The van der Waals surface area contributed by atoms with Crippen LogP contribution in [0.4, 0.5) is 11.9 Å². The van der Waals surface area contributed by atoms with E-state index in [1.165, 1.54) is 12.8 Å². The molecule has 0 aliphatic heterocycles. The second kappa shape index (κ2) is 4.59. The number of anilines is 2. The molecule has 0 saturated heterocycles. The Morgan fingerprint density at radius 2 is 2.11 bits per heavy atom. The van der Waals surface area contributed by atoms with Gasteiger partial charge < -0.3 is 10.6 Å². The maximum Gasteiger partial charge on any atom is 0.241 e. The summed E-state index contributed by atoms with van der Waals surface area (Å²) in [6, 6.07) is 0. The molecular formula is C11H15N7. The molecule has 0 aromatic carbocycles. The lowest BCUT2D eigenvalue weighted by molar-refractivity contribution is 0.850. The molecule has 2 heterocycles. The van der Waals surface area contributed by atoms with Gasteiger partial charge in [0.2, 0.25) is 17.8 Å². The Labute approximate surface area is 105 Å². The van der Waals surface area contributed by atoms with E-state index in [4.69, 9.17) is 0 Å². The van der Waals surface area contributed by atoms with E-state index in [1.807, 2.05) is 0 Å². The predicted octanol–water partition coefficient (Wildman–Crippen LogP) is 0.921. The minimum atomic E-state index is 0.548. The van der Waals surface area contributed by atoms with Crippen LogP contribution in [0.1, 0.15) is 12.8 Å². The zero-order valence-corrected chi connectivity index (χ0v) is 10.2. The van der Waals surface area contributed by atoms with Crippen LogP contribution in [0.25, 0.3) is 5.95 Å². The molecule has 0 radical (unpaired) electrons. The second-order valence-corrected chi connectivity index (χ2v) is 4.33. The van der Waals surface area contributed by atoms with Gasteiger partial charge in [0.05, 0.1) is 0 Å². The smallest absolute Gasteiger partial charge is 0.241 e. The molecule has 2 aromatic rings. The van der Waals surface area contributed by atoms with Gasteiger partial charge in [0, 0.05) is 26.0 Å². The third-order valence-electron chi connectivity index (χ3n) is 2.83. The summed E-state index contributed by atoms with van der Waals surface area (Å²) in [5.74, 6) is 2.48. The topological polar surface area (TPSA) is 80.5 Å². The van der Waals surface area contributed by atoms with Gasteiger partial charge >= 0.3 is 0 Å². The Morgan fingerprint density at radius 1 is 1.28 bits per heavy atom.